The first kappa shape index (κ1) is 23.1. The number of hydrogen-bond acceptors (Lipinski definition) is 8. The molecular formula is C24H24N4O3S3. The van der Waals surface area contributed by atoms with Gasteiger partial charge in [-0.15, -0.1) is 32.9 Å². The number of aromatic nitrogens is 3. The van der Waals surface area contributed by atoms with Crippen LogP contribution in [-0.2, 0) is 28.9 Å². The molecule has 7 nitrogen and oxygen atoms in total. The number of amides is 1. The van der Waals surface area contributed by atoms with E-state index >= 15 is 0 Å². The van der Waals surface area contributed by atoms with Crippen molar-refractivity contribution in [1.82, 2.24) is 14.8 Å². The minimum Gasteiger partial charge on any atom is -0.465 e. The van der Waals surface area contributed by atoms with E-state index in [-0.39, 0.29) is 11.7 Å². The number of thiophene rings is 2. The predicted octanol–water partition coefficient (Wildman–Crippen LogP) is 5.64. The molecule has 3 heterocycles. The smallest absolute Gasteiger partial charge is 0.341 e. The lowest BCUT2D eigenvalue weighted by Crippen LogP contribution is -2.16. The molecule has 3 aromatic heterocycles. The Kier molecular flexibility index (Phi) is 6.71. The van der Waals surface area contributed by atoms with Crippen LogP contribution in [0.15, 0.2) is 34.8 Å². The van der Waals surface area contributed by atoms with Crippen molar-refractivity contribution in [2.75, 3.05) is 18.2 Å². The fraction of sp³-hybridized carbons (Fsp3) is 0.333. The molecule has 0 spiro atoms. The maximum absolute atomic E-state index is 12.8. The van der Waals surface area contributed by atoms with Gasteiger partial charge in [0, 0.05) is 32.5 Å². The van der Waals surface area contributed by atoms with Crippen molar-refractivity contribution in [2.45, 2.75) is 44.3 Å². The van der Waals surface area contributed by atoms with Crippen molar-refractivity contribution in [1.29, 1.82) is 0 Å². The number of rotatable bonds is 8. The van der Waals surface area contributed by atoms with Crippen LogP contribution in [0.25, 0.3) is 21.5 Å². The average molecular weight is 513 g/mol. The van der Waals surface area contributed by atoms with Crippen LogP contribution in [0.3, 0.4) is 0 Å². The Morgan fingerprint density at radius 1 is 1.24 bits per heavy atom. The van der Waals surface area contributed by atoms with E-state index in [1.807, 2.05) is 12.1 Å². The molecule has 0 aliphatic heterocycles. The first-order valence-electron chi connectivity index (χ1n) is 11.2. The number of hydrogen-bond donors (Lipinski definition) is 1. The molecule has 1 amide bonds. The van der Waals surface area contributed by atoms with Crippen molar-refractivity contribution in [2.24, 2.45) is 0 Å². The summed E-state index contributed by atoms with van der Waals surface area (Å²) < 4.78 is 8.27. The third-order valence-corrected chi connectivity index (χ3v) is 8.92. The summed E-state index contributed by atoms with van der Waals surface area (Å²) >= 11 is 4.53. The summed E-state index contributed by atoms with van der Waals surface area (Å²) in [7, 11) is 1.37. The second kappa shape index (κ2) is 9.89. The number of anilines is 1. The molecule has 10 heteroatoms. The Morgan fingerprint density at radius 3 is 2.91 bits per heavy atom. The van der Waals surface area contributed by atoms with Gasteiger partial charge < -0.3 is 14.6 Å². The van der Waals surface area contributed by atoms with Crippen LogP contribution in [0.2, 0.25) is 0 Å². The first-order valence-corrected chi connectivity index (χ1v) is 13.8. The van der Waals surface area contributed by atoms with E-state index in [2.05, 4.69) is 44.5 Å². The number of methoxy groups -OCH3 is 1. The third-order valence-electron chi connectivity index (χ3n) is 5.78. The van der Waals surface area contributed by atoms with E-state index in [1.54, 1.807) is 11.3 Å². The van der Waals surface area contributed by atoms with E-state index < -0.39 is 5.97 Å². The van der Waals surface area contributed by atoms with Crippen molar-refractivity contribution in [3.05, 3.63) is 45.6 Å². The molecular weight excluding hydrogens is 488 g/mol. The largest absolute Gasteiger partial charge is 0.465 e. The molecule has 0 unspecified atom stereocenters. The van der Waals surface area contributed by atoms with E-state index in [0.717, 1.165) is 54.6 Å². The van der Waals surface area contributed by atoms with Crippen LogP contribution >= 0.6 is 34.4 Å². The molecule has 0 fully saturated rings. The molecule has 4 aromatic rings. The standard InChI is InChI=1S/C24H24N4O3S3/c1-3-11-28-21(16-12-32-17-9-5-4-7-14(16)17)26-27-24(28)33-13-19(29)25-22-20(23(30)31-2)15-8-6-10-18(15)34-22/h4-5,7,9,12H,3,6,8,10-11,13H2,1-2H3,(H,25,29). The minimum atomic E-state index is -0.391. The van der Waals surface area contributed by atoms with Gasteiger partial charge >= 0.3 is 5.97 Å². The highest BCUT2D eigenvalue weighted by Crippen LogP contribution is 2.40. The van der Waals surface area contributed by atoms with Crippen molar-refractivity contribution >= 4 is 61.4 Å². The van der Waals surface area contributed by atoms with Gasteiger partial charge in [0.25, 0.3) is 0 Å². The monoisotopic (exact) mass is 512 g/mol. The van der Waals surface area contributed by atoms with Crippen LogP contribution in [0.1, 0.15) is 40.6 Å². The molecule has 1 aliphatic rings. The number of nitrogens with zero attached hydrogens (tertiary/aromatic N) is 3. The number of esters is 1. The Labute approximate surface area is 209 Å². The molecule has 0 atom stereocenters. The predicted molar refractivity (Wildman–Crippen MR) is 138 cm³/mol. The quantitative estimate of drug-likeness (QED) is 0.243. The van der Waals surface area contributed by atoms with Gasteiger partial charge in [0.2, 0.25) is 5.91 Å². The number of benzene rings is 1. The SMILES string of the molecule is CCCn1c(SCC(=O)Nc2sc3c(c2C(=O)OC)CCC3)nnc1-c1csc2ccccc12. The fourth-order valence-corrected chi connectivity index (χ4v) is 7.27. The van der Waals surface area contributed by atoms with Crippen molar-refractivity contribution in [3.63, 3.8) is 0 Å². The molecule has 5 rings (SSSR count). The maximum atomic E-state index is 12.8. The highest BCUT2D eigenvalue weighted by atomic mass is 32.2. The molecule has 34 heavy (non-hydrogen) atoms. The zero-order valence-electron chi connectivity index (χ0n) is 18.9. The number of thioether (sulfide) groups is 1. The number of aryl methyl sites for hydroxylation is 1. The van der Waals surface area contributed by atoms with Crippen LogP contribution in [0, 0.1) is 0 Å². The number of nitrogens with one attached hydrogen (secondary N) is 1. The van der Waals surface area contributed by atoms with Gasteiger partial charge in [-0.05, 0) is 37.3 Å². The van der Waals surface area contributed by atoms with E-state index in [0.29, 0.717) is 15.7 Å². The summed E-state index contributed by atoms with van der Waals surface area (Å²) in [5, 5.41) is 16.4. The van der Waals surface area contributed by atoms with Gasteiger partial charge in [0.05, 0.1) is 18.4 Å². The van der Waals surface area contributed by atoms with Crippen LogP contribution in [-0.4, -0.2) is 39.5 Å². The molecule has 176 valence electrons. The van der Waals surface area contributed by atoms with Crippen LogP contribution in [0.5, 0.6) is 0 Å². The highest BCUT2D eigenvalue weighted by Gasteiger charge is 2.28. The van der Waals surface area contributed by atoms with Crippen LogP contribution < -0.4 is 5.32 Å². The average Bonchev–Trinajstić information content (AvgIpc) is 3.61. The van der Waals surface area contributed by atoms with E-state index in [1.165, 1.54) is 39.8 Å². The van der Waals surface area contributed by atoms with E-state index in [9.17, 15) is 9.59 Å². The van der Waals surface area contributed by atoms with Gasteiger partial charge in [0.15, 0.2) is 11.0 Å². The normalized spacial score (nSPS) is 12.8. The molecule has 0 saturated carbocycles. The van der Waals surface area contributed by atoms with E-state index in [4.69, 9.17) is 4.74 Å². The Balaban J connectivity index is 1.34. The lowest BCUT2D eigenvalue weighted by molar-refractivity contribution is -0.113. The van der Waals surface area contributed by atoms with Gasteiger partial charge in [-0.1, -0.05) is 36.9 Å². The second-order valence-electron chi connectivity index (χ2n) is 7.99. The minimum absolute atomic E-state index is 0.176. The van der Waals surface area contributed by atoms with Crippen molar-refractivity contribution < 1.29 is 14.3 Å². The Morgan fingerprint density at radius 2 is 2.09 bits per heavy atom. The lowest BCUT2D eigenvalue weighted by Gasteiger charge is -2.09. The zero-order chi connectivity index (χ0) is 23.7. The molecule has 0 bridgehead atoms. The number of carbonyl (C=O) groups is 2. The van der Waals surface area contributed by atoms with Gasteiger partial charge in [0.1, 0.15) is 5.00 Å². The van der Waals surface area contributed by atoms with Gasteiger partial charge in [-0.2, -0.15) is 0 Å². The maximum Gasteiger partial charge on any atom is 0.341 e. The summed E-state index contributed by atoms with van der Waals surface area (Å²) in [6.07, 6.45) is 3.75. The van der Waals surface area contributed by atoms with Gasteiger partial charge in [-0.25, -0.2) is 4.79 Å². The Hall–Kier alpha value is -2.69. The summed E-state index contributed by atoms with van der Waals surface area (Å²) in [6.45, 7) is 2.88. The highest BCUT2D eigenvalue weighted by molar-refractivity contribution is 7.99. The summed E-state index contributed by atoms with van der Waals surface area (Å²) in [6, 6.07) is 8.27. The van der Waals surface area contributed by atoms with Gasteiger partial charge in [-0.3, -0.25) is 4.79 Å². The summed E-state index contributed by atoms with van der Waals surface area (Å²) in [4.78, 5) is 26.3. The number of fused-ring (bicyclic) bond motifs is 2. The number of carbonyl (C=O) groups excluding carboxylic acids is 2. The lowest BCUT2D eigenvalue weighted by atomic mass is 10.1. The topological polar surface area (TPSA) is 86.1 Å². The molecule has 1 aliphatic carbocycles. The second-order valence-corrected chi connectivity index (χ2v) is 11.0. The molecule has 1 aromatic carbocycles. The fourth-order valence-electron chi connectivity index (χ4n) is 4.27. The molecule has 1 N–H and O–H groups in total. The molecule has 0 radical (unpaired) electrons. The third kappa shape index (κ3) is 4.25. The zero-order valence-corrected chi connectivity index (χ0v) is 21.4. The Bertz CT molecular complexity index is 1370. The molecule has 0 saturated heterocycles. The number of ether oxygens (including phenoxy) is 1. The van der Waals surface area contributed by atoms with Crippen molar-refractivity contribution in [3.8, 4) is 11.4 Å². The van der Waals surface area contributed by atoms with Crippen LogP contribution in [0.4, 0.5) is 5.00 Å². The summed E-state index contributed by atoms with van der Waals surface area (Å²) in [5.41, 5.74) is 2.60. The summed E-state index contributed by atoms with van der Waals surface area (Å²) in [5.74, 6) is 0.432. The first-order chi connectivity index (χ1) is 16.6.